The molecule has 1 unspecified atom stereocenters. The normalized spacial score (nSPS) is 16.4. The Kier molecular flexibility index (Phi) is 6.26. The van der Waals surface area contributed by atoms with E-state index in [1.54, 1.807) is 0 Å². The van der Waals surface area contributed by atoms with Crippen LogP contribution in [0, 0.1) is 6.92 Å². The minimum absolute atomic E-state index is 0. The van der Waals surface area contributed by atoms with Crippen LogP contribution in [-0.4, -0.2) is 24.0 Å². The third kappa shape index (κ3) is 4.34. The zero-order valence-electron chi connectivity index (χ0n) is 14.1. The summed E-state index contributed by atoms with van der Waals surface area (Å²) in [4.78, 5) is 15.8. The molecule has 1 aliphatic rings. The van der Waals surface area contributed by atoms with Gasteiger partial charge in [0.2, 0.25) is 0 Å². The van der Waals surface area contributed by atoms with Gasteiger partial charge in [0.25, 0.3) is 5.91 Å². The van der Waals surface area contributed by atoms with Crippen LogP contribution in [-0.2, 0) is 12.6 Å². The van der Waals surface area contributed by atoms with Gasteiger partial charge >= 0.3 is 6.18 Å². The summed E-state index contributed by atoms with van der Waals surface area (Å²) in [5.41, 5.74) is 1.59. The van der Waals surface area contributed by atoms with Crippen LogP contribution in [0.15, 0.2) is 36.4 Å². The molecule has 8 heteroatoms. The first-order valence-electron chi connectivity index (χ1n) is 8.00. The molecule has 140 valence electrons. The maximum atomic E-state index is 12.7. The minimum atomic E-state index is -4.52. The van der Waals surface area contributed by atoms with Crippen molar-refractivity contribution >= 4 is 18.3 Å². The van der Waals surface area contributed by atoms with Crippen LogP contribution in [0.3, 0.4) is 0 Å². The first kappa shape index (κ1) is 20.2. The molecule has 1 aromatic heterocycles. The third-order valence-corrected chi connectivity index (χ3v) is 4.30. The molecule has 0 bridgehead atoms. The molecular weight excluding hydrogens is 367 g/mol. The molecule has 0 saturated heterocycles. The van der Waals surface area contributed by atoms with Crippen molar-refractivity contribution in [1.29, 1.82) is 0 Å². The second-order valence-corrected chi connectivity index (χ2v) is 5.99. The lowest BCUT2D eigenvalue weighted by Gasteiger charge is -2.27. The van der Waals surface area contributed by atoms with Gasteiger partial charge in [-0.25, -0.2) is 4.98 Å². The summed E-state index contributed by atoms with van der Waals surface area (Å²) in [7, 11) is 0. The molecule has 1 atom stereocenters. The van der Waals surface area contributed by atoms with E-state index in [9.17, 15) is 18.0 Å². The van der Waals surface area contributed by atoms with Crippen LogP contribution < -0.4 is 10.6 Å². The Bertz CT molecular complexity index is 795. The summed E-state index contributed by atoms with van der Waals surface area (Å²) in [6, 6.07) is 10.00. The number of amides is 1. The predicted octanol–water partition coefficient (Wildman–Crippen LogP) is 3.45. The van der Waals surface area contributed by atoms with E-state index in [0.717, 1.165) is 24.6 Å². The molecule has 0 spiro atoms. The van der Waals surface area contributed by atoms with Gasteiger partial charge in [-0.2, -0.15) is 13.2 Å². The maximum absolute atomic E-state index is 12.7. The summed E-state index contributed by atoms with van der Waals surface area (Å²) < 4.78 is 38.0. The highest BCUT2D eigenvalue weighted by molar-refractivity contribution is 5.95. The van der Waals surface area contributed by atoms with Crippen LogP contribution >= 0.6 is 12.4 Å². The van der Waals surface area contributed by atoms with Crippen molar-refractivity contribution < 1.29 is 18.0 Å². The van der Waals surface area contributed by atoms with Crippen LogP contribution in [0.1, 0.15) is 38.9 Å². The number of fused-ring (bicyclic) bond motifs is 1. The Morgan fingerprint density at radius 3 is 2.69 bits per heavy atom. The van der Waals surface area contributed by atoms with Crippen molar-refractivity contribution in [3.63, 3.8) is 0 Å². The fraction of sp³-hybridized carbons (Fsp3) is 0.333. The average molecular weight is 386 g/mol. The van der Waals surface area contributed by atoms with Gasteiger partial charge in [-0.05, 0) is 43.1 Å². The molecule has 1 aliphatic heterocycles. The van der Waals surface area contributed by atoms with Gasteiger partial charge in [0.15, 0.2) is 0 Å². The average Bonchev–Trinajstić information content (AvgIpc) is 2.58. The monoisotopic (exact) mass is 385 g/mol. The standard InChI is InChI=1S/C18H18F3N3O.ClH/c1-11-13(6-7-16(24-11)18(19,20)21)17(25)23-10-15-14-5-3-2-4-12(14)8-9-22-15;/h2-7,15,22H,8-10H2,1H3,(H,23,25);1H. The Morgan fingerprint density at radius 1 is 1.27 bits per heavy atom. The summed E-state index contributed by atoms with van der Waals surface area (Å²) in [5.74, 6) is -0.427. The fourth-order valence-electron chi connectivity index (χ4n) is 3.02. The second kappa shape index (κ2) is 8.05. The molecule has 1 aromatic carbocycles. The van der Waals surface area contributed by atoms with E-state index in [4.69, 9.17) is 0 Å². The smallest absolute Gasteiger partial charge is 0.350 e. The number of carbonyl (C=O) groups is 1. The minimum Gasteiger partial charge on any atom is -0.350 e. The number of aromatic nitrogens is 1. The molecular formula is C18H19ClF3N3O. The van der Waals surface area contributed by atoms with Crippen molar-refractivity contribution in [3.05, 3.63) is 64.5 Å². The fourth-order valence-corrected chi connectivity index (χ4v) is 3.02. The Balaban J connectivity index is 0.00000243. The first-order chi connectivity index (χ1) is 11.9. The topological polar surface area (TPSA) is 54.0 Å². The third-order valence-electron chi connectivity index (χ3n) is 4.30. The molecule has 0 radical (unpaired) electrons. The van der Waals surface area contributed by atoms with E-state index in [1.807, 2.05) is 18.2 Å². The van der Waals surface area contributed by atoms with Crippen molar-refractivity contribution in [1.82, 2.24) is 15.6 Å². The Hall–Kier alpha value is -2.12. The summed E-state index contributed by atoms with van der Waals surface area (Å²) in [5, 5.41) is 6.13. The van der Waals surface area contributed by atoms with Crippen LogP contribution in [0.2, 0.25) is 0 Å². The van der Waals surface area contributed by atoms with Gasteiger partial charge in [0.1, 0.15) is 5.69 Å². The van der Waals surface area contributed by atoms with Gasteiger partial charge in [0, 0.05) is 12.6 Å². The number of nitrogens with zero attached hydrogens (tertiary/aromatic N) is 1. The number of carbonyl (C=O) groups excluding carboxylic acids is 1. The number of benzene rings is 1. The first-order valence-corrected chi connectivity index (χ1v) is 8.00. The largest absolute Gasteiger partial charge is 0.433 e. The van der Waals surface area contributed by atoms with Gasteiger partial charge < -0.3 is 10.6 Å². The quantitative estimate of drug-likeness (QED) is 0.851. The molecule has 1 amide bonds. The van der Waals surface area contributed by atoms with E-state index in [1.165, 1.54) is 18.6 Å². The second-order valence-electron chi connectivity index (χ2n) is 5.99. The van der Waals surface area contributed by atoms with E-state index >= 15 is 0 Å². The van der Waals surface area contributed by atoms with Crippen LogP contribution in [0.4, 0.5) is 13.2 Å². The van der Waals surface area contributed by atoms with Gasteiger partial charge in [-0.1, -0.05) is 24.3 Å². The molecule has 2 aromatic rings. The zero-order chi connectivity index (χ0) is 18.0. The highest BCUT2D eigenvalue weighted by atomic mass is 35.5. The van der Waals surface area contributed by atoms with Crippen LogP contribution in [0.5, 0.6) is 0 Å². The SMILES string of the molecule is Cc1nc(C(F)(F)F)ccc1C(=O)NCC1NCCc2ccccc21.Cl. The highest BCUT2D eigenvalue weighted by Crippen LogP contribution is 2.28. The van der Waals surface area contributed by atoms with Gasteiger partial charge in [-0.3, -0.25) is 4.79 Å². The number of alkyl halides is 3. The molecule has 3 rings (SSSR count). The Morgan fingerprint density at radius 2 is 2.00 bits per heavy atom. The molecule has 0 saturated carbocycles. The van der Waals surface area contributed by atoms with Crippen molar-refractivity contribution in [3.8, 4) is 0 Å². The van der Waals surface area contributed by atoms with Gasteiger partial charge in [-0.15, -0.1) is 12.4 Å². The number of rotatable bonds is 3. The number of halogens is 4. The lowest BCUT2D eigenvalue weighted by atomic mass is 9.94. The van der Waals surface area contributed by atoms with Gasteiger partial charge in [0.05, 0.1) is 11.3 Å². The Labute approximate surface area is 155 Å². The summed E-state index contributed by atoms with van der Waals surface area (Å²) in [6.07, 6.45) is -3.59. The predicted molar refractivity (Wildman–Crippen MR) is 94.4 cm³/mol. The molecule has 2 heterocycles. The molecule has 0 fully saturated rings. The molecule has 26 heavy (non-hydrogen) atoms. The lowest BCUT2D eigenvalue weighted by Crippen LogP contribution is -2.39. The van der Waals surface area contributed by atoms with Crippen LogP contribution in [0.25, 0.3) is 0 Å². The van der Waals surface area contributed by atoms with Crippen molar-refractivity contribution in [2.75, 3.05) is 13.1 Å². The summed E-state index contributed by atoms with van der Waals surface area (Å²) in [6.45, 7) is 2.58. The van der Waals surface area contributed by atoms with E-state index in [-0.39, 0.29) is 29.7 Å². The van der Waals surface area contributed by atoms with E-state index in [0.29, 0.717) is 6.54 Å². The number of hydrogen-bond donors (Lipinski definition) is 2. The molecule has 0 aliphatic carbocycles. The molecule has 4 nitrogen and oxygen atoms in total. The summed E-state index contributed by atoms with van der Waals surface area (Å²) >= 11 is 0. The van der Waals surface area contributed by atoms with E-state index < -0.39 is 17.8 Å². The molecule has 2 N–H and O–H groups in total. The number of hydrogen-bond acceptors (Lipinski definition) is 3. The number of nitrogens with one attached hydrogen (secondary N) is 2. The zero-order valence-corrected chi connectivity index (χ0v) is 14.9. The van der Waals surface area contributed by atoms with Crippen molar-refractivity contribution in [2.45, 2.75) is 25.6 Å². The highest BCUT2D eigenvalue weighted by Gasteiger charge is 2.33. The number of aryl methyl sites for hydroxylation is 1. The van der Waals surface area contributed by atoms with Crippen molar-refractivity contribution in [2.24, 2.45) is 0 Å². The number of pyridine rings is 1. The maximum Gasteiger partial charge on any atom is 0.433 e. The van der Waals surface area contributed by atoms with E-state index in [2.05, 4.69) is 21.7 Å². The lowest BCUT2D eigenvalue weighted by molar-refractivity contribution is -0.141.